The molecule has 68 valence electrons. The van der Waals surface area contributed by atoms with Gasteiger partial charge in [-0.2, -0.15) is 0 Å². The fourth-order valence-electron chi connectivity index (χ4n) is 0.842. The zero-order valence-corrected chi connectivity index (χ0v) is 7.84. The molecule has 0 fully saturated rings. The molecule has 4 nitrogen and oxygen atoms in total. The third-order valence-electron chi connectivity index (χ3n) is 1.15. The quantitative estimate of drug-likeness (QED) is 0.491. The van der Waals surface area contributed by atoms with Crippen LogP contribution >= 0.6 is 0 Å². The third-order valence-corrected chi connectivity index (χ3v) is 1.15. The monoisotopic (exact) mass is 170 g/mol. The molecule has 0 aromatic heterocycles. The van der Waals surface area contributed by atoms with Gasteiger partial charge in [-0.3, -0.25) is 5.32 Å². The molecule has 0 amide bonds. The average Bonchev–Trinajstić information content (AvgIpc) is 1.84. The highest BCUT2D eigenvalue weighted by atomic mass is 16.5. The maximum atomic E-state index is 10.9. The van der Waals surface area contributed by atoms with E-state index in [1.165, 1.54) is 6.26 Å². The molecule has 0 rings (SSSR count). The summed E-state index contributed by atoms with van der Waals surface area (Å²) < 4.78 is 4.15. The van der Waals surface area contributed by atoms with Gasteiger partial charge in [-0.25, -0.2) is 4.79 Å². The second-order valence-corrected chi connectivity index (χ2v) is 3.63. The first kappa shape index (κ1) is 10.9. The molecule has 1 N–H and O–H groups in total. The number of nitrogens with zero attached hydrogens (tertiary/aromatic N) is 1. The molecule has 4 heteroatoms. The summed E-state index contributed by atoms with van der Waals surface area (Å²) in [7, 11) is 0. The van der Waals surface area contributed by atoms with Gasteiger partial charge in [-0.15, -0.1) is 5.26 Å². The number of nitriles is 1. The van der Waals surface area contributed by atoms with Crippen molar-refractivity contribution in [2.24, 2.45) is 0 Å². The minimum absolute atomic E-state index is 0.159. The highest BCUT2D eigenvalue weighted by molar-refractivity contribution is 5.76. The number of ether oxygens (including phenoxy) is 1. The molecular formula is C8H14N2O2. The van der Waals surface area contributed by atoms with E-state index in [1.54, 1.807) is 6.92 Å². The Labute approximate surface area is 72.5 Å². The molecular weight excluding hydrogens is 156 g/mol. The summed E-state index contributed by atoms with van der Waals surface area (Å²) in [6.07, 6.45) is 1.34. The molecule has 0 heterocycles. The number of carbonyl (C=O) groups excluding carboxylic acids is 1. The van der Waals surface area contributed by atoms with Crippen LogP contribution in [0.25, 0.3) is 0 Å². The summed E-state index contributed by atoms with van der Waals surface area (Å²) in [4.78, 5) is 10.9. The second-order valence-electron chi connectivity index (χ2n) is 3.63. The molecule has 12 heavy (non-hydrogen) atoms. The Morgan fingerprint density at radius 2 is 2.08 bits per heavy atom. The summed E-state index contributed by atoms with van der Waals surface area (Å²) in [5.74, 6) is -0.549. The first-order chi connectivity index (χ1) is 5.37. The average molecular weight is 170 g/mol. The van der Waals surface area contributed by atoms with Gasteiger partial charge in [0, 0.05) is 5.54 Å². The van der Waals surface area contributed by atoms with Crippen LogP contribution in [0.2, 0.25) is 0 Å². The summed E-state index contributed by atoms with van der Waals surface area (Å²) in [5, 5.41) is 11.0. The van der Waals surface area contributed by atoms with Crippen molar-refractivity contribution in [1.82, 2.24) is 5.32 Å². The van der Waals surface area contributed by atoms with Crippen molar-refractivity contribution in [3.8, 4) is 6.26 Å². The van der Waals surface area contributed by atoms with Crippen molar-refractivity contribution in [3.63, 3.8) is 0 Å². The number of hydrogen-bond acceptors (Lipinski definition) is 4. The van der Waals surface area contributed by atoms with Crippen LogP contribution in [0.4, 0.5) is 0 Å². The molecule has 1 atom stereocenters. The van der Waals surface area contributed by atoms with Crippen molar-refractivity contribution < 1.29 is 9.53 Å². The van der Waals surface area contributed by atoms with Crippen molar-refractivity contribution in [1.29, 1.82) is 5.26 Å². The minimum Gasteiger partial charge on any atom is -0.350 e. The van der Waals surface area contributed by atoms with Crippen LogP contribution in [0.5, 0.6) is 0 Å². The van der Waals surface area contributed by atoms with Crippen LogP contribution in [0.15, 0.2) is 0 Å². The van der Waals surface area contributed by atoms with E-state index in [4.69, 9.17) is 5.26 Å². The van der Waals surface area contributed by atoms with E-state index < -0.39 is 12.0 Å². The van der Waals surface area contributed by atoms with Crippen LogP contribution < -0.4 is 5.32 Å². The lowest BCUT2D eigenvalue weighted by Crippen LogP contribution is -2.46. The molecule has 0 unspecified atom stereocenters. The maximum Gasteiger partial charge on any atom is 0.338 e. The van der Waals surface area contributed by atoms with E-state index in [2.05, 4.69) is 10.1 Å². The zero-order valence-electron chi connectivity index (χ0n) is 7.84. The summed E-state index contributed by atoms with van der Waals surface area (Å²) in [6.45, 7) is 7.46. The number of esters is 1. The van der Waals surface area contributed by atoms with E-state index in [9.17, 15) is 4.79 Å². The van der Waals surface area contributed by atoms with Crippen molar-refractivity contribution in [2.45, 2.75) is 39.3 Å². The van der Waals surface area contributed by atoms with Crippen molar-refractivity contribution in [2.75, 3.05) is 0 Å². The molecule has 0 aliphatic carbocycles. The summed E-state index contributed by atoms with van der Waals surface area (Å²) in [5.41, 5.74) is -0.159. The molecule has 0 bridgehead atoms. The van der Waals surface area contributed by atoms with E-state index in [1.807, 2.05) is 20.8 Å². The number of carbonyl (C=O) groups is 1. The van der Waals surface area contributed by atoms with Crippen LogP contribution in [-0.4, -0.2) is 17.6 Å². The molecule has 0 aromatic carbocycles. The van der Waals surface area contributed by atoms with Gasteiger partial charge in [0.15, 0.2) is 0 Å². The van der Waals surface area contributed by atoms with Crippen molar-refractivity contribution >= 4 is 5.97 Å². The van der Waals surface area contributed by atoms with Gasteiger partial charge < -0.3 is 4.74 Å². The molecule has 0 aliphatic heterocycles. The van der Waals surface area contributed by atoms with Crippen LogP contribution in [0.3, 0.4) is 0 Å². The Bertz CT molecular complexity index is 200. The molecule has 0 radical (unpaired) electrons. The van der Waals surface area contributed by atoms with Gasteiger partial charge in [-0.1, -0.05) is 0 Å². The second kappa shape index (κ2) is 4.07. The SMILES string of the molecule is C[C@H](NC(C)(C)C)C(=O)OC#N. The van der Waals surface area contributed by atoms with E-state index >= 15 is 0 Å². The summed E-state index contributed by atoms with van der Waals surface area (Å²) in [6, 6.07) is -0.454. The number of hydrogen-bond donors (Lipinski definition) is 1. The predicted molar refractivity (Wildman–Crippen MR) is 44.1 cm³/mol. The third kappa shape index (κ3) is 4.69. The lowest BCUT2D eigenvalue weighted by Gasteiger charge is -2.23. The smallest absolute Gasteiger partial charge is 0.338 e. The topological polar surface area (TPSA) is 62.1 Å². The first-order valence-electron chi connectivity index (χ1n) is 3.74. The van der Waals surface area contributed by atoms with Crippen molar-refractivity contribution in [3.05, 3.63) is 0 Å². The molecule has 0 aliphatic rings. The van der Waals surface area contributed by atoms with E-state index in [-0.39, 0.29) is 5.54 Å². The van der Waals surface area contributed by atoms with Crippen LogP contribution in [0.1, 0.15) is 27.7 Å². The maximum absolute atomic E-state index is 10.9. The van der Waals surface area contributed by atoms with E-state index in [0.29, 0.717) is 0 Å². The predicted octanol–water partition coefficient (Wildman–Crippen LogP) is 0.787. The standard InChI is InChI=1S/C8H14N2O2/c1-6(7(11)12-5-9)10-8(2,3)4/h6,10H,1-4H3/t6-/m0/s1. The first-order valence-corrected chi connectivity index (χ1v) is 3.74. The Morgan fingerprint density at radius 3 is 2.42 bits per heavy atom. The summed E-state index contributed by atoms with van der Waals surface area (Å²) >= 11 is 0. The van der Waals surface area contributed by atoms with Gasteiger partial charge >= 0.3 is 5.97 Å². The lowest BCUT2D eigenvalue weighted by atomic mass is 10.1. The highest BCUT2D eigenvalue weighted by Gasteiger charge is 2.20. The molecule has 0 spiro atoms. The van der Waals surface area contributed by atoms with Gasteiger partial charge in [0.25, 0.3) is 6.26 Å². The van der Waals surface area contributed by atoms with Crippen LogP contribution in [0, 0.1) is 11.5 Å². The molecule has 0 saturated carbocycles. The molecule has 0 aromatic rings. The Balaban J connectivity index is 3.98. The fraction of sp³-hybridized carbons (Fsp3) is 0.750. The lowest BCUT2D eigenvalue weighted by molar-refractivity contribution is -0.139. The largest absolute Gasteiger partial charge is 0.350 e. The minimum atomic E-state index is -0.549. The van der Waals surface area contributed by atoms with Crippen LogP contribution in [-0.2, 0) is 9.53 Å². The van der Waals surface area contributed by atoms with Gasteiger partial charge in [0.2, 0.25) is 0 Å². The zero-order chi connectivity index (χ0) is 9.78. The fourth-order valence-corrected chi connectivity index (χ4v) is 0.842. The number of nitrogens with one attached hydrogen (secondary N) is 1. The number of rotatable bonds is 2. The van der Waals surface area contributed by atoms with E-state index in [0.717, 1.165) is 0 Å². The Morgan fingerprint density at radius 1 is 1.58 bits per heavy atom. The highest BCUT2D eigenvalue weighted by Crippen LogP contribution is 2.01. The Hall–Kier alpha value is -1.08. The molecule has 0 saturated heterocycles. The Kier molecular flexibility index (Phi) is 3.71. The normalized spacial score (nSPS) is 13.2. The van der Waals surface area contributed by atoms with Gasteiger partial charge in [0.05, 0.1) is 0 Å². The van der Waals surface area contributed by atoms with Gasteiger partial charge in [0.1, 0.15) is 6.04 Å². The van der Waals surface area contributed by atoms with Gasteiger partial charge in [-0.05, 0) is 27.7 Å².